The number of rotatable bonds is 7. The molecule has 1 N–H and O–H groups in total. The van der Waals surface area contributed by atoms with E-state index in [2.05, 4.69) is 5.32 Å². The fraction of sp³-hybridized carbons (Fsp3) is 0.192. The largest absolute Gasteiger partial charge is 0.497 e. The molecule has 9 heteroatoms. The number of carbonyl (C=O) groups excluding carboxylic acids is 1. The first-order chi connectivity index (χ1) is 16.8. The van der Waals surface area contributed by atoms with Crippen molar-refractivity contribution in [3.63, 3.8) is 0 Å². The summed E-state index contributed by atoms with van der Waals surface area (Å²) in [6.45, 7) is 3.74. The number of nitrogens with one attached hydrogen (secondary N) is 1. The lowest BCUT2D eigenvalue weighted by Crippen LogP contribution is -2.30. The molecule has 0 aliphatic heterocycles. The van der Waals surface area contributed by atoms with Crippen LogP contribution < -0.4 is 15.6 Å². The summed E-state index contributed by atoms with van der Waals surface area (Å²) >= 11 is 7.39. The van der Waals surface area contributed by atoms with E-state index in [-0.39, 0.29) is 23.3 Å². The average molecular weight is 512 g/mol. The van der Waals surface area contributed by atoms with Crippen molar-refractivity contribution in [2.75, 3.05) is 7.11 Å². The molecule has 4 rings (SSSR count). The van der Waals surface area contributed by atoms with Crippen LogP contribution in [0, 0.1) is 5.82 Å². The number of thioether (sulfide) groups is 1. The molecule has 0 spiro atoms. The molecule has 1 aromatic heterocycles. The topological polar surface area (TPSA) is 73.2 Å². The minimum absolute atomic E-state index is 0.0381. The molecular weight excluding hydrogens is 489 g/mol. The maximum Gasteiger partial charge on any atom is 0.266 e. The van der Waals surface area contributed by atoms with Crippen LogP contribution in [-0.4, -0.2) is 28.6 Å². The molecule has 0 atom stereocenters. The summed E-state index contributed by atoms with van der Waals surface area (Å²) in [5.41, 5.74) is 1.31. The lowest BCUT2D eigenvalue weighted by molar-refractivity contribution is 0.0943. The third-order valence-corrected chi connectivity index (χ3v) is 6.56. The molecule has 0 radical (unpaired) electrons. The van der Waals surface area contributed by atoms with Crippen LogP contribution in [0.25, 0.3) is 16.6 Å². The van der Waals surface area contributed by atoms with E-state index in [0.717, 1.165) is 0 Å². The Balaban J connectivity index is 1.87. The van der Waals surface area contributed by atoms with Crippen molar-refractivity contribution in [3.05, 3.63) is 93.0 Å². The standard InChI is InChI=1S/C26H23ClFN3O3S/c1-15(2)29-24(32)16-10-11-19-23(12-16)30-26(35-14-20-21(27)8-5-9-22(20)28)31(25(19)33)17-6-4-7-18(13-17)34-3/h4-13,15H,14H2,1-3H3,(H,29,32). The molecule has 0 saturated carbocycles. The third-order valence-electron chi connectivity index (χ3n) is 5.24. The van der Waals surface area contributed by atoms with Crippen molar-refractivity contribution < 1.29 is 13.9 Å². The molecule has 1 heterocycles. The van der Waals surface area contributed by atoms with Crippen LogP contribution in [0.3, 0.4) is 0 Å². The van der Waals surface area contributed by atoms with Crippen LogP contribution in [0.5, 0.6) is 5.75 Å². The molecule has 0 fully saturated rings. The van der Waals surface area contributed by atoms with Gasteiger partial charge in [-0.3, -0.25) is 14.2 Å². The predicted octanol–water partition coefficient (Wildman–Crippen LogP) is 5.62. The highest BCUT2D eigenvalue weighted by atomic mass is 35.5. The zero-order valence-electron chi connectivity index (χ0n) is 19.3. The molecule has 1 amide bonds. The Morgan fingerprint density at radius 2 is 1.94 bits per heavy atom. The minimum Gasteiger partial charge on any atom is -0.497 e. The number of aromatic nitrogens is 2. The van der Waals surface area contributed by atoms with Gasteiger partial charge < -0.3 is 10.1 Å². The Labute approximate surface area is 211 Å². The highest BCUT2D eigenvalue weighted by Crippen LogP contribution is 2.30. The second-order valence-corrected chi connectivity index (χ2v) is 9.44. The fourth-order valence-corrected chi connectivity index (χ4v) is 4.89. The summed E-state index contributed by atoms with van der Waals surface area (Å²) in [5.74, 6) is 0.0334. The lowest BCUT2D eigenvalue weighted by Gasteiger charge is -2.15. The molecule has 0 saturated heterocycles. The number of hydrogen-bond acceptors (Lipinski definition) is 5. The van der Waals surface area contributed by atoms with Gasteiger partial charge in [0, 0.05) is 34.0 Å². The van der Waals surface area contributed by atoms with Gasteiger partial charge in [0.2, 0.25) is 0 Å². The number of benzene rings is 3. The van der Waals surface area contributed by atoms with Gasteiger partial charge in [0.05, 0.1) is 23.7 Å². The molecule has 0 bridgehead atoms. The maximum absolute atomic E-state index is 14.4. The van der Waals surface area contributed by atoms with Crippen LogP contribution in [-0.2, 0) is 5.75 Å². The van der Waals surface area contributed by atoms with Crippen molar-refractivity contribution in [1.82, 2.24) is 14.9 Å². The van der Waals surface area contributed by atoms with Crippen LogP contribution in [0.4, 0.5) is 4.39 Å². The van der Waals surface area contributed by atoms with Crippen molar-refractivity contribution in [3.8, 4) is 11.4 Å². The van der Waals surface area contributed by atoms with Gasteiger partial charge in [-0.15, -0.1) is 0 Å². The van der Waals surface area contributed by atoms with E-state index < -0.39 is 5.82 Å². The van der Waals surface area contributed by atoms with Crippen LogP contribution >= 0.6 is 23.4 Å². The molecule has 6 nitrogen and oxygen atoms in total. The zero-order chi connectivity index (χ0) is 25.1. The molecule has 4 aromatic rings. The SMILES string of the molecule is COc1cccc(-n2c(SCc3c(F)cccc3Cl)nc3cc(C(=O)NC(C)C)ccc3c2=O)c1. The summed E-state index contributed by atoms with van der Waals surface area (Å²) in [5, 5.41) is 3.81. The number of amides is 1. The summed E-state index contributed by atoms with van der Waals surface area (Å²) < 4.78 is 21.2. The number of methoxy groups -OCH3 is 1. The number of hydrogen-bond donors (Lipinski definition) is 1. The van der Waals surface area contributed by atoms with Gasteiger partial charge >= 0.3 is 0 Å². The molecule has 35 heavy (non-hydrogen) atoms. The first-order valence-corrected chi connectivity index (χ1v) is 12.2. The molecule has 0 aliphatic carbocycles. The van der Waals surface area contributed by atoms with E-state index in [1.165, 1.54) is 28.5 Å². The smallest absolute Gasteiger partial charge is 0.266 e. The Morgan fingerprint density at radius 1 is 1.17 bits per heavy atom. The van der Waals surface area contributed by atoms with Crippen LogP contribution in [0.1, 0.15) is 29.8 Å². The van der Waals surface area contributed by atoms with Gasteiger partial charge in [-0.1, -0.05) is 35.5 Å². The number of fused-ring (bicyclic) bond motifs is 1. The van der Waals surface area contributed by atoms with Gasteiger partial charge in [0.1, 0.15) is 11.6 Å². The molecule has 0 unspecified atom stereocenters. The normalized spacial score (nSPS) is 11.1. The van der Waals surface area contributed by atoms with E-state index in [0.29, 0.717) is 43.6 Å². The van der Waals surface area contributed by atoms with Gasteiger partial charge in [-0.25, -0.2) is 9.37 Å². The van der Waals surface area contributed by atoms with E-state index >= 15 is 0 Å². The minimum atomic E-state index is -0.436. The number of ether oxygens (including phenoxy) is 1. The molecule has 3 aromatic carbocycles. The van der Waals surface area contributed by atoms with Crippen molar-refractivity contribution in [2.24, 2.45) is 0 Å². The highest BCUT2D eigenvalue weighted by Gasteiger charge is 2.18. The highest BCUT2D eigenvalue weighted by molar-refractivity contribution is 7.98. The molecule has 180 valence electrons. The lowest BCUT2D eigenvalue weighted by atomic mass is 10.1. The van der Waals surface area contributed by atoms with Crippen molar-refractivity contribution >= 4 is 40.2 Å². The van der Waals surface area contributed by atoms with Crippen LogP contribution in [0.15, 0.2) is 70.6 Å². The number of nitrogens with zero attached hydrogens (tertiary/aromatic N) is 2. The average Bonchev–Trinajstić information content (AvgIpc) is 2.83. The Hall–Kier alpha value is -3.36. The first-order valence-electron chi connectivity index (χ1n) is 10.9. The molecule has 0 aliphatic rings. The quantitative estimate of drug-likeness (QED) is 0.257. The number of halogens is 2. The van der Waals surface area contributed by atoms with E-state index in [1.54, 1.807) is 55.6 Å². The zero-order valence-corrected chi connectivity index (χ0v) is 20.9. The Morgan fingerprint density at radius 3 is 2.66 bits per heavy atom. The first kappa shape index (κ1) is 24.8. The monoisotopic (exact) mass is 511 g/mol. The second-order valence-electron chi connectivity index (χ2n) is 8.09. The van der Waals surface area contributed by atoms with Crippen LogP contribution in [0.2, 0.25) is 5.02 Å². The van der Waals surface area contributed by atoms with Gasteiger partial charge in [0.25, 0.3) is 11.5 Å². The van der Waals surface area contributed by atoms with Crippen molar-refractivity contribution in [1.29, 1.82) is 0 Å². The third kappa shape index (κ3) is 5.33. The second kappa shape index (κ2) is 10.5. The molecular formula is C26H23ClFN3O3S. The number of carbonyl (C=O) groups is 1. The Kier molecular flexibility index (Phi) is 7.42. The predicted molar refractivity (Wildman–Crippen MR) is 137 cm³/mol. The van der Waals surface area contributed by atoms with E-state index in [1.807, 2.05) is 13.8 Å². The van der Waals surface area contributed by atoms with Gasteiger partial charge in [-0.05, 0) is 56.3 Å². The Bertz CT molecular complexity index is 1450. The summed E-state index contributed by atoms with van der Waals surface area (Å²) in [6.07, 6.45) is 0. The van der Waals surface area contributed by atoms with E-state index in [4.69, 9.17) is 21.3 Å². The summed E-state index contributed by atoms with van der Waals surface area (Å²) in [7, 11) is 1.54. The van der Waals surface area contributed by atoms with Gasteiger partial charge in [0.15, 0.2) is 5.16 Å². The summed E-state index contributed by atoms with van der Waals surface area (Å²) in [4.78, 5) is 30.8. The van der Waals surface area contributed by atoms with Crippen molar-refractivity contribution in [2.45, 2.75) is 30.8 Å². The fourth-order valence-electron chi connectivity index (χ4n) is 3.53. The summed E-state index contributed by atoms with van der Waals surface area (Å²) in [6, 6.07) is 16.3. The van der Waals surface area contributed by atoms with E-state index in [9.17, 15) is 14.0 Å². The maximum atomic E-state index is 14.4. The van der Waals surface area contributed by atoms with Gasteiger partial charge in [-0.2, -0.15) is 0 Å².